The number of nitrogens with zero attached hydrogens (tertiary/aromatic N) is 2. The zero-order valence-electron chi connectivity index (χ0n) is 12.4. The molecule has 1 aliphatic rings. The van der Waals surface area contributed by atoms with Gasteiger partial charge in [0, 0.05) is 25.5 Å². The summed E-state index contributed by atoms with van der Waals surface area (Å²) in [6.45, 7) is 1.04. The highest BCUT2D eigenvalue weighted by molar-refractivity contribution is 7.89. The number of aromatic nitrogens is 2. The number of rotatable bonds is 7. The molecule has 0 spiro atoms. The second-order valence-electron chi connectivity index (χ2n) is 5.52. The Hall–Kier alpha value is -1.70. The molecule has 23 heavy (non-hydrogen) atoms. The van der Waals surface area contributed by atoms with Crippen molar-refractivity contribution in [2.75, 3.05) is 11.9 Å². The van der Waals surface area contributed by atoms with E-state index in [2.05, 4.69) is 20.0 Å². The van der Waals surface area contributed by atoms with E-state index in [4.69, 9.17) is 11.6 Å². The van der Waals surface area contributed by atoms with E-state index in [1.807, 2.05) is 6.07 Å². The maximum absolute atomic E-state index is 12.1. The fraction of sp³-hybridized carbons (Fsp3) is 0.333. The van der Waals surface area contributed by atoms with Gasteiger partial charge in [-0.2, -0.15) is 0 Å². The van der Waals surface area contributed by atoms with Gasteiger partial charge >= 0.3 is 0 Å². The van der Waals surface area contributed by atoms with Gasteiger partial charge in [0.15, 0.2) is 0 Å². The van der Waals surface area contributed by atoms with Gasteiger partial charge in [-0.3, -0.25) is 0 Å². The monoisotopic (exact) mass is 352 g/mol. The first-order valence-corrected chi connectivity index (χ1v) is 9.19. The summed E-state index contributed by atoms with van der Waals surface area (Å²) >= 11 is 5.73. The van der Waals surface area contributed by atoms with E-state index < -0.39 is 10.0 Å². The third-order valence-electron chi connectivity index (χ3n) is 3.57. The Balaban J connectivity index is 1.58. The summed E-state index contributed by atoms with van der Waals surface area (Å²) in [6, 6.07) is 6.77. The van der Waals surface area contributed by atoms with Crippen molar-refractivity contribution in [1.82, 2.24) is 14.7 Å². The summed E-state index contributed by atoms with van der Waals surface area (Å²) < 4.78 is 26.8. The molecule has 2 heterocycles. The Kier molecular flexibility index (Phi) is 4.79. The van der Waals surface area contributed by atoms with Crippen molar-refractivity contribution in [3.8, 4) is 0 Å². The third kappa shape index (κ3) is 4.63. The van der Waals surface area contributed by atoms with Crippen LogP contribution in [0.1, 0.15) is 18.4 Å². The molecule has 3 rings (SSSR count). The van der Waals surface area contributed by atoms with Crippen molar-refractivity contribution in [2.45, 2.75) is 24.3 Å². The van der Waals surface area contributed by atoms with E-state index >= 15 is 0 Å². The summed E-state index contributed by atoms with van der Waals surface area (Å²) in [4.78, 5) is 8.32. The normalized spacial score (nSPS) is 14.7. The molecule has 0 aliphatic heterocycles. The van der Waals surface area contributed by atoms with Crippen LogP contribution in [0, 0.1) is 5.92 Å². The SMILES string of the molecule is O=S(=O)(NCC1CC1)c1ccc(NCc2ccc(Cl)nc2)nc1. The van der Waals surface area contributed by atoms with Crippen LogP contribution in [0.4, 0.5) is 5.82 Å². The van der Waals surface area contributed by atoms with Gasteiger partial charge < -0.3 is 5.32 Å². The third-order valence-corrected chi connectivity index (χ3v) is 5.20. The van der Waals surface area contributed by atoms with Crippen LogP contribution in [0.15, 0.2) is 41.6 Å². The van der Waals surface area contributed by atoms with E-state index in [0.29, 0.717) is 30.0 Å². The average molecular weight is 353 g/mol. The zero-order chi connectivity index (χ0) is 16.3. The summed E-state index contributed by atoms with van der Waals surface area (Å²) in [6.07, 6.45) is 5.24. The van der Waals surface area contributed by atoms with Crippen molar-refractivity contribution in [2.24, 2.45) is 5.92 Å². The number of sulfonamides is 1. The molecule has 0 atom stereocenters. The fourth-order valence-electron chi connectivity index (χ4n) is 1.98. The minimum atomic E-state index is -3.47. The Morgan fingerprint density at radius 2 is 1.96 bits per heavy atom. The minimum Gasteiger partial charge on any atom is -0.366 e. The first kappa shape index (κ1) is 16.2. The molecule has 2 aromatic heterocycles. The molecule has 1 aliphatic carbocycles. The van der Waals surface area contributed by atoms with Crippen LogP contribution < -0.4 is 10.0 Å². The molecular formula is C15H17ClN4O2S. The summed E-state index contributed by atoms with van der Waals surface area (Å²) in [5, 5.41) is 3.55. The van der Waals surface area contributed by atoms with Crippen LogP contribution in [0.3, 0.4) is 0 Å². The van der Waals surface area contributed by atoms with Crippen LogP contribution in [-0.4, -0.2) is 24.9 Å². The second kappa shape index (κ2) is 6.82. The molecule has 122 valence electrons. The van der Waals surface area contributed by atoms with Crippen LogP contribution in [0.5, 0.6) is 0 Å². The van der Waals surface area contributed by atoms with Gasteiger partial charge in [0.2, 0.25) is 10.0 Å². The summed E-state index contributed by atoms with van der Waals surface area (Å²) in [5.74, 6) is 1.09. The Morgan fingerprint density at radius 1 is 1.13 bits per heavy atom. The Labute approximate surface area is 140 Å². The van der Waals surface area contributed by atoms with Gasteiger partial charge in [0.25, 0.3) is 0 Å². The molecule has 2 N–H and O–H groups in total. The number of halogens is 1. The highest BCUT2D eigenvalue weighted by atomic mass is 35.5. The van der Waals surface area contributed by atoms with Crippen LogP contribution in [0.25, 0.3) is 0 Å². The lowest BCUT2D eigenvalue weighted by Crippen LogP contribution is -2.25. The minimum absolute atomic E-state index is 0.178. The lowest BCUT2D eigenvalue weighted by atomic mass is 10.3. The van der Waals surface area contributed by atoms with E-state index in [1.54, 1.807) is 24.4 Å². The van der Waals surface area contributed by atoms with Gasteiger partial charge in [-0.25, -0.2) is 23.1 Å². The van der Waals surface area contributed by atoms with Crippen LogP contribution in [-0.2, 0) is 16.6 Å². The van der Waals surface area contributed by atoms with Gasteiger partial charge in [0.05, 0.1) is 0 Å². The number of nitrogens with one attached hydrogen (secondary N) is 2. The summed E-state index contributed by atoms with van der Waals surface area (Å²) in [5.41, 5.74) is 0.957. The van der Waals surface area contributed by atoms with E-state index in [9.17, 15) is 8.42 Å². The maximum atomic E-state index is 12.1. The molecule has 8 heteroatoms. The molecule has 2 aromatic rings. The first-order chi connectivity index (χ1) is 11.0. The number of hydrogen-bond acceptors (Lipinski definition) is 5. The molecule has 0 amide bonds. The molecule has 1 saturated carbocycles. The van der Waals surface area contributed by atoms with Crippen LogP contribution >= 0.6 is 11.6 Å². The highest BCUT2D eigenvalue weighted by Gasteiger charge is 2.24. The van der Waals surface area contributed by atoms with Crippen LogP contribution in [0.2, 0.25) is 5.15 Å². The van der Waals surface area contributed by atoms with E-state index in [0.717, 1.165) is 18.4 Å². The molecule has 0 unspecified atom stereocenters. The van der Waals surface area contributed by atoms with Crippen molar-refractivity contribution < 1.29 is 8.42 Å². The van der Waals surface area contributed by atoms with Crippen molar-refractivity contribution in [3.63, 3.8) is 0 Å². The second-order valence-corrected chi connectivity index (χ2v) is 7.67. The molecule has 1 fully saturated rings. The smallest absolute Gasteiger partial charge is 0.242 e. The predicted molar refractivity (Wildman–Crippen MR) is 88.7 cm³/mol. The highest BCUT2D eigenvalue weighted by Crippen LogP contribution is 2.28. The van der Waals surface area contributed by atoms with E-state index in [-0.39, 0.29) is 4.90 Å². The quantitative estimate of drug-likeness (QED) is 0.748. The molecule has 0 radical (unpaired) electrons. The van der Waals surface area contributed by atoms with Crippen molar-refractivity contribution in [3.05, 3.63) is 47.4 Å². The zero-order valence-corrected chi connectivity index (χ0v) is 13.9. The molecule has 0 aromatic carbocycles. The lowest BCUT2D eigenvalue weighted by Gasteiger charge is -2.08. The van der Waals surface area contributed by atoms with E-state index in [1.165, 1.54) is 6.20 Å². The number of hydrogen-bond donors (Lipinski definition) is 2. The van der Waals surface area contributed by atoms with Crippen molar-refractivity contribution in [1.29, 1.82) is 0 Å². The predicted octanol–water partition coefficient (Wildman–Crippen LogP) is 2.43. The largest absolute Gasteiger partial charge is 0.366 e. The Morgan fingerprint density at radius 3 is 2.57 bits per heavy atom. The van der Waals surface area contributed by atoms with Crippen molar-refractivity contribution >= 4 is 27.4 Å². The first-order valence-electron chi connectivity index (χ1n) is 7.33. The lowest BCUT2D eigenvalue weighted by molar-refractivity contribution is 0.577. The standard InChI is InChI=1S/C15H17ClN4O2S/c16-14-5-3-12(7-17-14)8-18-15-6-4-13(10-19-15)23(21,22)20-9-11-1-2-11/h3-7,10-11,20H,1-2,8-9H2,(H,18,19). The molecule has 0 bridgehead atoms. The molecular weight excluding hydrogens is 336 g/mol. The Bertz CT molecular complexity index is 759. The van der Waals surface area contributed by atoms with Gasteiger partial charge in [0.1, 0.15) is 15.9 Å². The summed E-state index contributed by atoms with van der Waals surface area (Å²) in [7, 11) is -3.47. The molecule has 0 saturated heterocycles. The van der Waals surface area contributed by atoms with Gasteiger partial charge in [-0.05, 0) is 42.5 Å². The fourth-order valence-corrected chi connectivity index (χ4v) is 3.15. The molecule has 6 nitrogen and oxygen atoms in total. The number of pyridine rings is 2. The van der Waals surface area contributed by atoms with Gasteiger partial charge in [-0.1, -0.05) is 17.7 Å². The van der Waals surface area contributed by atoms with Gasteiger partial charge in [-0.15, -0.1) is 0 Å². The maximum Gasteiger partial charge on any atom is 0.242 e. The number of anilines is 1. The average Bonchev–Trinajstić information content (AvgIpc) is 3.37. The topological polar surface area (TPSA) is 84.0 Å².